The number of para-hydroxylation sites is 1. The first-order chi connectivity index (χ1) is 17.6. The van der Waals surface area contributed by atoms with E-state index in [2.05, 4.69) is 16.0 Å². The van der Waals surface area contributed by atoms with Crippen LogP contribution in [0.2, 0.25) is 0 Å². The van der Waals surface area contributed by atoms with Gasteiger partial charge >= 0.3 is 6.18 Å². The second-order valence-corrected chi connectivity index (χ2v) is 9.94. The van der Waals surface area contributed by atoms with Crippen LogP contribution in [-0.4, -0.2) is 91.2 Å². The average molecular weight is 526 g/mol. The van der Waals surface area contributed by atoms with Gasteiger partial charge < -0.3 is 25.6 Å². The summed E-state index contributed by atoms with van der Waals surface area (Å²) in [6.45, 7) is 0.685. The van der Waals surface area contributed by atoms with Crippen molar-refractivity contribution < 1.29 is 32.3 Å². The monoisotopic (exact) mass is 525 g/mol. The van der Waals surface area contributed by atoms with Gasteiger partial charge in [0.25, 0.3) is 0 Å². The minimum atomic E-state index is -4.44. The number of carbonyl (C=O) groups excluding carboxylic acids is 3. The fourth-order valence-corrected chi connectivity index (χ4v) is 5.39. The lowest BCUT2D eigenvalue weighted by Gasteiger charge is -2.39. The number of alkyl halides is 3. The number of hydrogen-bond donors (Lipinski definition) is 3. The lowest BCUT2D eigenvalue weighted by Crippen LogP contribution is -2.62. The van der Waals surface area contributed by atoms with Gasteiger partial charge in [-0.3, -0.25) is 19.3 Å². The number of carbonyl (C=O) groups is 3. The zero-order valence-corrected chi connectivity index (χ0v) is 21.0. The van der Waals surface area contributed by atoms with Crippen molar-refractivity contribution in [2.24, 2.45) is 0 Å². The predicted molar refractivity (Wildman–Crippen MR) is 129 cm³/mol. The van der Waals surface area contributed by atoms with Gasteiger partial charge in [-0.05, 0) is 39.3 Å². The molecule has 9 nitrogen and oxygen atoms in total. The van der Waals surface area contributed by atoms with Crippen LogP contribution in [0.3, 0.4) is 0 Å². The van der Waals surface area contributed by atoms with Crippen LogP contribution in [0.4, 0.5) is 13.2 Å². The molecule has 3 heterocycles. The third-order valence-corrected chi connectivity index (χ3v) is 7.40. The number of hydrogen-bond acceptors (Lipinski definition) is 6. The molecule has 3 aliphatic heterocycles. The van der Waals surface area contributed by atoms with Crippen LogP contribution in [-0.2, 0) is 14.4 Å². The number of rotatable bonds is 6. The smallest absolute Gasteiger partial charge is 0.401 e. The van der Waals surface area contributed by atoms with E-state index >= 15 is 0 Å². The lowest BCUT2D eigenvalue weighted by atomic mass is 10.00. The molecule has 2 fully saturated rings. The number of amides is 3. The first-order valence-electron chi connectivity index (χ1n) is 12.7. The van der Waals surface area contributed by atoms with E-state index < -0.39 is 42.7 Å². The van der Waals surface area contributed by atoms with Crippen LogP contribution < -0.4 is 20.7 Å². The summed E-state index contributed by atoms with van der Waals surface area (Å²) in [5, 5.41) is 8.45. The molecule has 0 radical (unpaired) electrons. The third-order valence-electron chi connectivity index (χ3n) is 7.40. The van der Waals surface area contributed by atoms with E-state index in [1.54, 1.807) is 14.0 Å². The van der Waals surface area contributed by atoms with Gasteiger partial charge in [0.2, 0.25) is 17.7 Å². The van der Waals surface area contributed by atoms with E-state index in [0.29, 0.717) is 38.0 Å². The molecule has 37 heavy (non-hydrogen) atoms. The van der Waals surface area contributed by atoms with Crippen LogP contribution in [0.1, 0.15) is 44.2 Å². The Balaban J connectivity index is 1.54. The average Bonchev–Trinajstić information content (AvgIpc) is 3.28. The number of likely N-dealkylation sites (N-methyl/N-ethyl adjacent to an activating group) is 1. The maximum Gasteiger partial charge on any atom is 0.401 e. The summed E-state index contributed by atoms with van der Waals surface area (Å²) in [4.78, 5) is 42.4. The first-order valence-corrected chi connectivity index (χ1v) is 12.7. The zero-order valence-electron chi connectivity index (χ0n) is 21.0. The molecule has 3 N–H and O–H groups in total. The van der Waals surface area contributed by atoms with Crippen LogP contribution in [0.25, 0.3) is 0 Å². The molecule has 5 atom stereocenters. The van der Waals surface area contributed by atoms with Crippen LogP contribution >= 0.6 is 0 Å². The van der Waals surface area contributed by atoms with Crippen molar-refractivity contribution in [1.29, 1.82) is 0 Å². The van der Waals surface area contributed by atoms with Crippen molar-refractivity contribution in [1.82, 2.24) is 25.8 Å². The molecule has 3 aliphatic rings. The molecule has 4 rings (SSSR count). The van der Waals surface area contributed by atoms with Gasteiger partial charge in [-0.15, -0.1) is 0 Å². The number of nitrogens with one attached hydrogen (secondary N) is 3. The SMILES string of the molecule is CN[C@@H](C)C(=O)N[C@H]1CN(CC(F)(F)F)CC[C@H]2CC[C@@H](C(=O)NC3CCOc4ccccc43)N2C1=O. The van der Waals surface area contributed by atoms with E-state index in [1.165, 1.54) is 4.90 Å². The quantitative estimate of drug-likeness (QED) is 0.518. The fourth-order valence-electron chi connectivity index (χ4n) is 5.39. The highest BCUT2D eigenvalue weighted by atomic mass is 19.4. The normalized spacial score (nSPS) is 27.3. The van der Waals surface area contributed by atoms with Crippen molar-refractivity contribution >= 4 is 17.7 Å². The Labute approximate surface area is 214 Å². The van der Waals surface area contributed by atoms with Crippen molar-refractivity contribution in [2.75, 3.05) is 33.3 Å². The van der Waals surface area contributed by atoms with Gasteiger partial charge in [-0.2, -0.15) is 13.2 Å². The van der Waals surface area contributed by atoms with Crippen LogP contribution in [0, 0.1) is 0 Å². The van der Waals surface area contributed by atoms with Crippen molar-refractivity contribution in [3.63, 3.8) is 0 Å². The summed E-state index contributed by atoms with van der Waals surface area (Å²) >= 11 is 0. The predicted octanol–water partition coefficient (Wildman–Crippen LogP) is 1.35. The van der Waals surface area contributed by atoms with Gasteiger partial charge in [-0.25, -0.2) is 0 Å². The molecule has 0 bridgehead atoms. The Morgan fingerprint density at radius 2 is 1.86 bits per heavy atom. The Bertz CT molecular complexity index is 1010. The first kappa shape index (κ1) is 27.2. The Morgan fingerprint density at radius 1 is 1.11 bits per heavy atom. The Morgan fingerprint density at radius 3 is 2.59 bits per heavy atom. The molecule has 2 saturated heterocycles. The number of fused-ring (bicyclic) bond motifs is 2. The maximum atomic E-state index is 13.7. The van der Waals surface area contributed by atoms with Crippen LogP contribution in [0.15, 0.2) is 24.3 Å². The summed E-state index contributed by atoms with van der Waals surface area (Å²) in [5.41, 5.74) is 0.865. The van der Waals surface area contributed by atoms with Crippen molar-refractivity contribution in [3.05, 3.63) is 29.8 Å². The summed E-state index contributed by atoms with van der Waals surface area (Å²) in [7, 11) is 1.57. The fraction of sp³-hybridized carbons (Fsp3) is 0.640. The molecule has 204 valence electrons. The van der Waals surface area contributed by atoms with Crippen LogP contribution in [0.5, 0.6) is 5.75 Å². The summed E-state index contributed by atoms with van der Waals surface area (Å²) < 4.78 is 45.3. The molecule has 0 aliphatic carbocycles. The van der Waals surface area contributed by atoms with E-state index in [-0.39, 0.29) is 31.1 Å². The molecule has 1 unspecified atom stereocenters. The van der Waals surface area contributed by atoms with Gasteiger partial charge in [-0.1, -0.05) is 18.2 Å². The molecule has 0 spiro atoms. The number of ether oxygens (including phenoxy) is 1. The maximum absolute atomic E-state index is 13.7. The highest BCUT2D eigenvalue weighted by Gasteiger charge is 2.46. The minimum absolute atomic E-state index is 0.101. The molecule has 12 heteroatoms. The Hall–Kier alpha value is -2.86. The standard InChI is InChI=1S/C25H34F3N5O4/c1-15(29-2)22(34)31-19-13-32(14-25(26,27)28)11-9-16-7-8-20(33(16)24(19)36)23(35)30-18-10-12-37-21-6-4-3-5-17(18)21/h3-6,15-16,18-20,29H,7-14H2,1-2H3,(H,30,35)(H,31,34)/t15-,16+,18?,19-,20-/m0/s1. The highest BCUT2D eigenvalue weighted by molar-refractivity contribution is 5.94. The van der Waals surface area contributed by atoms with E-state index in [1.807, 2.05) is 24.3 Å². The van der Waals surface area contributed by atoms with E-state index in [9.17, 15) is 27.6 Å². The molecular weight excluding hydrogens is 491 g/mol. The third kappa shape index (κ3) is 6.35. The minimum Gasteiger partial charge on any atom is -0.493 e. The molecular formula is C25H34F3N5O4. The summed E-state index contributed by atoms with van der Waals surface area (Å²) in [6, 6.07) is 4.19. The molecule has 0 aromatic heterocycles. The second-order valence-electron chi connectivity index (χ2n) is 9.94. The number of nitrogens with zero attached hydrogens (tertiary/aromatic N) is 2. The van der Waals surface area contributed by atoms with Gasteiger partial charge in [0.1, 0.15) is 17.8 Å². The number of halogens is 3. The lowest BCUT2D eigenvalue weighted by molar-refractivity contribution is -0.155. The van der Waals surface area contributed by atoms with Crippen molar-refractivity contribution in [3.8, 4) is 5.75 Å². The zero-order chi connectivity index (χ0) is 26.7. The molecule has 1 aromatic rings. The van der Waals surface area contributed by atoms with Gasteiger partial charge in [0, 0.05) is 31.1 Å². The van der Waals surface area contributed by atoms with E-state index in [0.717, 1.165) is 10.5 Å². The van der Waals surface area contributed by atoms with Gasteiger partial charge in [0.05, 0.1) is 25.2 Å². The molecule has 0 saturated carbocycles. The number of benzene rings is 1. The largest absolute Gasteiger partial charge is 0.493 e. The second kappa shape index (κ2) is 11.3. The topological polar surface area (TPSA) is 103 Å². The van der Waals surface area contributed by atoms with Crippen molar-refractivity contribution in [2.45, 2.75) is 69.0 Å². The molecule has 3 amide bonds. The highest BCUT2D eigenvalue weighted by Crippen LogP contribution is 2.34. The molecule has 1 aromatic carbocycles. The summed E-state index contributed by atoms with van der Waals surface area (Å²) in [5.74, 6) is -0.627. The Kier molecular flexibility index (Phi) is 8.27. The van der Waals surface area contributed by atoms with E-state index in [4.69, 9.17) is 4.74 Å². The summed E-state index contributed by atoms with van der Waals surface area (Å²) in [6.07, 6.45) is -2.63. The van der Waals surface area contributed by atoms with Gasteiger partial charge in [0.15, 0.2) is 0 Å².